The normalized spacial score (nSPS) is 11.1. The summed E-state index contributed by atoms with van der Waals surface area (Å²) in [5.41, 5.74) is 1.35. The smallest absolute Gasteiger partial charge is 0.336 e. The molecular formula is C29H34N2O6. The van der Waals surface area contributed by atoms with E-state index in [0.29, 0.717) is 42.6 Å². The molecule has 2 aromatic carbocycles. The van der Waals surface area contributed by atoms with Gasteiger partial charge in [0.2, 0.25) is 0 Å². The molecule has 0 bridgehead atoms. The molecule has 0 saturated carbocycles. The van der Waals surface area contributed by atoms with E-state index in [2.05, 4.69) is 12.2 Å². The third kappa shape index (κ3) is 10.6. The highest BCUT2D eigenvalue weighted by Gasteiger charge is 2.09. The average molecular weight is 507 g/mol. The highest BCUT2D eigenvalue weighted by atomic mass is 16.5. The maximum absolute atomic E-state index is 12.3. The predicted molar refractivity (Wildman–Crippen MR) is 142 cm³/mol. The van der Waals surface area contributed by atoms with E-state index in [4.69, 9.17) is 18.9 Å². The Morgan fingerprint density at radius 2 is 1.73 bits per heavy atom. The van der Waals surface area contributed by atoms with Gasteiger partial charge >= 0.3 is 5.97 Å². The molecular weight excluding hydrogens is 472 g/mol. The van der Waals surface area contributed by atoms with Crippen LogP contribution in [0.4, 0.5) is 0 Å². The molecule has 0 aliphatic carbocycles. The molecule has 37 heavy (non-hydrogen) atoms. The van der Waals surface area contributed by atoms with Crippen LogP contribution in [0.3, 0.4) is 0 Å². The van der Waals surface area contributed by atoms with E-state index in [1.54, 1.807) is 43.5 Å². The van der Waals surface area contributed by atoms with Gasteiger partial charge in [0.15, 0.2) is 11.5 Å². The second kappa shape index (κ2) is 16.6. The summed E-state index contributed by atoms with van der Waals surface area (Å²) in [6, 6.07) is 13.8. The molecule has 0 heterocycles. The number of benzene rings is 2. The molecule has 0 radical (unpaired) electrons. The van der Waals surface area contributed by atoms with Crippen molar-refractivity contribution >= 4 is 24.0 Å². The summed E-state index contributed by atoms with van der Waals surface area (Å²) < 4.78 is 21.5. The number of nitrogens with zero attached hydrogens (tertiary/aromatic N) is 1. The number of carbonyl (C=O) groups is 2. The molecule has 8 nitrogen and oxygen atoms in total. The molecule has 2 aromatic rings. The van der Waals surface area contributed by atoms with Crippen molar-refractivity contribution in [3.05, 3.63) is 65.2 Å². The minimum absolute atomic E-state index is 0.0351. The minimum atomic E-state index is -0.547. The quantitative estimate of drug-likeness (QED) is 0.120. The van der Waals surface area contributed by atoms with Gasteiger partial charge in [0, 0.05) is 19.7 Å². The molecule has 0 saturated heterocycles. The summed E-state index contributed by atoms with van der Waals surface area (Å²) in [6.45, 7) is 3.46. The van der Waals surface area contributed by atoms with Crippen molar-refractivity contribution in [1.29, 1.82) is 5.26 Å². The SMILES string of the molecule is CCCCCCOc1ccc(/C=C/C(=O)Oc2ccc(/C=C(\C#N)C(=O)NCCOC)cc2)cc1OC. The number of carbonyl (C=O) groups excluding carboxylic acids is 2. The lowest BCUT2D eigenvalue weighted by Gasteiger charge is -2.11. The molecule has 196 valence electrons. The predicted octanol–water partition coefficient (Wildman–Crippen LogP) is 4.94. The van der Waals surface area contributed by atoms with Crippen LogP contribution < -0.4 is 19.5 Å². The summed E-state index contributed by atoms with van der Waals surface area (Å²) in [6.07, 6.45) is 8.91. The maximum atomic E-state index is 12.3. The Balaban J connectivity index is 1.94. The van der Waals surface area contributed by atoms with Crippen molar-refractivity contribution in [2.75, 3.05) is 34.0 Å². The van der Waals surface area contributed by atoms with Crippen LogP contribution in [0.15, 0.2) is 54.1 Å². The Morgan fingerprint density at radius 3 is 2.41 bits per heavy atom. The van der Waals surface area contributed by atoms with Gasteiger partial charge in [0.25, 0.3) is 5.91 Å². The highest BCUT2D eigenvalue weighted by Crippen LogP contribution is 2.29. The van der Waals surface area contributed by atoms with Crippen LogP contribution in [-0.4, -0.2) is 45.9 Å². The van der Waals surface area contributed by atoms with Crippen molar-refractivity contribution in [3.63, 3.8) is 0 Å². The van der Waals surface area contributed by atoms with Crippen molar-refractivity contribution in [1.82, 2.24) is 5.32 Å². The van der Waals surface area contributed by atoms with Crippen LogP contribution in [0.2, 0.25) is 0 Å². The van der Waals surface area contributed by atoms with Gasteiger partial charge in [-0.25, -0.2) is 4.79 Å². The fourth-order valence-corrected chi connectivity index (χ4v) is 3.24. The molecule has 0 aromatic heterocycles. The summed E-state index contributed by atoms with van der Waals surface area (Å²) in [5, 5.41) is 11.9. The first-order chi connectivity index (χ1) is 18.0. The lowest BCUT2D eigenvalue weighted by Crippen LogP contribution is -2.27. The van der Waals surface area contributed by atoms with Gasteiger partial charge < -0.3 is 24.3 Å². The Hall–Kier alpha value is -4.09. The zero-order valence-electron chi connectivity index (χ0n) is 21.6. The van der Waals surface area contributed by atoms with Gasteiger partial charge in [-0.15, -0.1) is 0 Å². The zero-order valence-corrected chi connectivity index (χ0v) is 21.6. The van der Waals surface area contributed by atoms with Gasteiger partial charge in [-0.2, -0.15) is 5.26 Å². The van der Waals surface area contributed by atoms with E-state index >= 15 is 0 Å². The second-order valence-corrected chi connectivity index (χ2v) is 8.06. The number of unbranched alkanes of at least 4 members (excludes halogenated alkanes) is 3. The molecule has 1 N–H and O–H groups in total. The molecule has 0 unspecified atom stereocenters. The summed E-state index contributed by atoms with van der Waals surface area (Å²) in [5.74, 6) is 0.565. The second-order valence-electron chi connectivity index (χ2n) is 8.06. The fraction of sp³-hybridized carbons (Fsp3) is 0.345. The lowest BCUT2D eigenvalue weighted by atomic mass is 10.1. The Morgan fingerprint density at radius 1 is 0.973 bits per heavy atom. The Labute approximate surface area is 218 Å². The number of methoxy groups -OCH3 is 2. The van der Waals surface area contributed by atoms with E-state index in [1.807, 2.05) is 18.2 Å². The van der Waals surface area contributed by atoms with E-state index in [0.717, 1.165) is 18.4 Å². The number of hydrogen-bond donors (Lipinski definition) is 1. The summed E-state index contributed by atoms with van der Waals surface area (Å²) >= 11 is 0. The lowest BCUT2D eigenvalue weighted by molar-refractivity contribution is -0.128. The van der Waals surface area contributed by atoms with Crippen molar-refractivity contribution in [2.45, 2.75) is 32.6 Å². The number of esters is 1. The third-order valence-corrected chi connectivity index (χ3v) is 5.22. The van der Waals surface area contributed by atoms with Crippen molar-refractivity contribution in [2.24, 2.45) is 0 Å². The van der Waals surface area contributed by atoms with Crippen molar-refractivity contribution in [3.8, 4) is 23.3 Å². The van der Waals surface area contributed by atoms with E-state index < -0.39 is 11.9 Å². The van der Waals surface area contributed by atoms with Crippen LogP contribution in [0.5, 0.6) is 17.2 Å². The van der Waals surface area contributed by atoms with Gasteiger partial charge in [-0.3, -0.25) is 4.79 Å². The first-order valence-corrected chi connectivity index (χ1v) is 12.2. The number of nitrogens with one attached hydrogen (secondary N) is 1. The van der Waals surface area contributed by atoms with Gasteiger partial charge in [0.1, 0.15) is 17.4 Å². The molecule has 0 aliphatic heterocycles. The first-order valence-electron chi connectivity index (χ1n) is 12.2. The molecule has 0 atom stereocenters. The summed E-state index contributed by atoms with van der Waals surface area (Å²) in [7, 11) is 3.10. The summed E-state index contributed by atoms with van der Waals surface area (Å²) in [4.78, 5) is 24.3. The topological polar surface area (TPSA) is 107 Å². The van der Waals surface area contributed by atoms with Gasteiger partial charge in [0.05, 0.1) is 20.3 Å². The molecule has 0 aliphatic rings. The van der Waals surface area contributed by atoms with Crippen LogP contribution in [0.1, 0.15) is 43.7 Å². The van der Waals surface area contributed by atoms with E-state index in [9.17, 15) is 14.9 Å². The third-order valence-electron chi connectivity index (χ3n) is 5.22. The number of rotatable bonds is 15. The van der Waals surface area contributed by atoms with Crippen LogP contribution in [0, 0.1) is 11.3 Å². The molecule has 1 amide bonds. The van der Waals surface area contributed by atoms with E-state index in [1.165, 1.54) is 32.1 Å². The maximum Gasteiger partial charge on any atom is 0.336 e. The number of nitriles is 1. The fourth-order valence-electron chi connectivity index (χ4n) is 3.24. The zero-order chi connectivity index (χ0) is 26.9. The Kier molecular flexibility index (Phi) is 13.0. The number of hydrogen-bond acceptors (Lipinski definition) is 7. The standard InChI is InChI=1S/C29H34N2O6/c1-4-5-6-7-17-36-26-14-10-23(20-27(26)35-3)11-15-28(32)37-25-12-8-22(9-13-25)19-24(21-30)29(33)31-16-18-34-2/h8-15,19-20H,4-7,16-18H2,1-3H3,(H,31,33)/b15-11+,24-19+. The first kappa shape index (κ1) is 29.1. The van der Waals surface area contributed by atoms with Gasteiger partial charge in [-0.05, 0) is 54.0 Å². The molecule has 8 heteroatoms. The number of ether oxygens (including phenoxy) is 4. The average Bonchev–Trinajstić information content (AvgIpc) is 2.91. The van der Waals surface area contributed by atoms with E-state index in [-0.39, 0.29) is 5.57 Å². The van der Waals surface area contributed by atoms with Crippen LogP contribution in [-0.2, 0) is 14.3 Å². The minimum Gasteiger partial charge on any atom is -0.493 e. The van der Waals surface area contributed by atoms with Gasteiger partial charge in [-0.1, -0.05) is 44.4 Å². The monoisotopic (exact) mass is 506 g/mol. The number of amides is 1. The Bertz CT molecular complexity index is 1120. The highest BCUT2D eigenvalue weighted by molar-refractivity contribution is 6.01. The van der Waals surface area contributed by atoms with Crippen LogP contribution in [0.25, 0.3) is 12.2 Å². The van der Waals surface area contributed by atoms with Crippen molar-refractivity contribution < 1.29 is 28.5 Å². The van der Waals surface area contributed by atoms with Crippen LogP contribution >= 0.6 is 0 Å². The molecule has 2 rings (SSSR count). The molecule has 0 spiro atoms. The molecule has 0 fully saturated rings. The largest absolute Gasteiger partial charge is 0.493 e.